The van der Waals surface area contributed by atoms with Crippen LogP contribution >= 0.6 is 0 Å². The average molecular weight is 164 g/mol. The minimum Gasteiger partial charge on any atom is -0.0842 e. The van der Waals surface area contributed by atoms with E-state index in [-0.39, 0.29) is 0 Å². The Labute approximate surface area is 76.4 Å². The van der Waals surface area contributed by atoms with Gasteiger partial charge in [0.15, 0.2) is 0 Å². The lowest BCUT2D eigenvalue weighted by Crippen LogP contribution is -2.06. The fraction of sp³-hybridized carbons (Fsp3) is 0.667. The summed E-state index contributed by atoms with van der Waals surface area (Å²) in [5.41, 5.74) is 4.84. The second kappa shape index (κ2) is 3.93. The predicted molar refractivity (Wildman–Crippen MR) is 55.1 cm³/mol. The fourth-order valence-electron chi connectivity index (χ4n) is 2.25. The summed E-state index contributed by atoms with van der Waals surface area (Å²) in [6.45, 7) is 9.05. The van der Waals surface area contributed by atoms with Crippen molar-refractivity contribution in [3.8, 4) is 0 Å². The number of allylic oxidation sites excluding steroid dienone is 4. The molecule has 0 aromatic carbocycles. The molecule has 0 unspecified atom stereocenters. The Kier molecular flexibility index (Phi) is 3.13. The van der Waals surface area contributed by atoms with Crippen molar-refractivity contribution >= 4 is 0 Å². The van der Waals surface area contributed by atoms with Gasteiger partial charge >= 0.3 is 0 Å². The molecule has 0 radical (unpaired) electrons. The molecule has 0 heteroatoms. The van der Waals surface area contributed by atoms with Crippen LogP contribution in [0.25, 0.3) is 0 Å². The Morgan fingerprint density at radius 2 is 1.92 bits per heavy atom. The van der Waals surface area contributed by atoms with Crippen molar-refractivity contribution in [3.05, 3.63) is 22.8 Å². The molecule has 0 aromatic heterocycles. The van der Waals surface area contributed by atoms with Gasteiger partial charge < -0.3 is 0 Å². The molecule has 0 fully saturated rings. The SMILES string of the molecule is C/C=C1/CCCC(C)=C1C(C)C. The maximum absolute atomic E-state index is 2.30. The highest BCUT2D eigenvalue weighted by Crippen LogP contribution is 2.33. The van der Waals surface area contributed by atoms with Crippen molar-refractivity contribution < 1.29 is 0 Å². The zero-order valence-electron chi connectivity index (χ0n) is 8.78. The van der Waals surface area contributed by atoms with Gasteiger partial charge in [0.2, 0.25) is 0 Å². The van der Waals surface area contributed by atoms with Gasteiger partial charge in [-0.15, -0.1) is 0 Å². The molecule has 0 amide bonds. The van der Waals surface area contributed by atoms with Crippen LogP contribution in [-0.4, -0.2) is 0 Å². The van der Waals surface area contributed by atoms with Gasteiger partial charge in [-0.3, -0.25) is 0 Å². The first kappa shape index (κ1) is 9.57. The van der Waals surface area contributed by atoms with Crippen LogP contribution in [0.2, 0.25) is 0 Å². The topological polar surface area (TPSA) is 0 Å². The van der Waals surface area contributed by atoms with Gasteiger partial charge in [-0.05, 0) is 50.2 Å². The largest absolute Gasteiger partial charge is 0.0842 e. The molecule has 0 bridgehead atoms. The summed E-state index contributed by atoms with van der Waals surface area (Å²) in [5.74, 6) is 0.705. The van der Waals surface area contributed by atoms with E-state index in [9.17, 15) is 0 Å². The number of hydrogen-bond donors (Lipinski definition) is 0. The van der Waals surface area contributed by atoms with E-state index in [2.05, 4.69) is 33.8 Å². The Hall–Kier alpha value is -0.520. The van der Waals surface area contributed by atoms with Crippen molar-refractivity contribution in [2.24, 2.45) is 5.92 Å². The average Bonchev–Trinajstić information content (AvgIpc) is 2.03. The zero-order valence-corrected chi connectivity index (χ0v) is 8.78. The van der Waals surface area contributed by atoms with Crippen LogP contribution in [0.1, 0.15) is 47.0 Å². The van der Waals surface area contributed by atoms with Gasteiger partial charge in [-0.1, -0.05) is 25.5 Å². The van der Waals surface area contributed by atoms with Crippen molar-refractivity contribution in [2.45, 2.75) is 47.0 Å². The Morgan fingerprint density at radius 1 is 1.25 bits per heavy atom. The molecule has 0 saturated carbocycles. The van der Waals surface area contributed by atoms with E-state index in [1.807, 2.05) is 0 Å². The van der Waals surface area contributed by atoms with Crippen LogP contribution in [0.4, 0.5) is 0 Å². The summed E-state index contributed by atoms with van der Waals surface area (Å²) in [6, 6.07) is 0. The van der Waals surface area contributed by atoms with Gasteiger partial charge in [0.1, 0.15) is 0 Å². The van der Waals surface area contributed by atoms with E-state index in [1.54, 1.807) is 16.7 Å². The monoisotopic (exact) mass is 164 g/mol. The molecular weight excluding hydrogens is 144 g/mol. The molecule has 12 heavy (non-hydrogen) atoms. The maximum atomic E-state index is 2.30. The quantitative estimate of drug-likeness (QED) is 0.547. The van der Waals surface area contributed by atoms with Crippen LogP contribution in [-0.2, 0) is 0 Å². The van der Waals surface area contributed by atoms with Crippen molar-refractivity contribution in [3.63, 3.8) is 0 Å². The number of rotatable bonds is 1. The van der Waals surface area contributed by atoms with Gasteiger partial charge in [-0.2, -0.15) is 0 Å². The molecule has 0 nitrogen and oxygen atoms in total. The Bertz CT molecular complexity index is 216. The highest BCUT2D eigenvalue weighted by Gasteiger charge is 2.15. The van der Waals surface area contributed by atoms with Crippen molar-refractivity contribution in [1.29, 1.82) is 0 Å². The lowest BCUT2D eigenvalue weighted by atomic mass is 9.82. The van der Waals surface area contributed by atoms with Gasteiger partial charge in [0.05, 0.1) is 0 Å². The summed E-state index contributed by atoms with van der Waals surface area (Å²) >= 11 is 0. The van der Waals surface area contributed by atoms with E-state index in [4.69, 9.17) is 0 Å². The fourth-order valence-corrected chi connectivity index (χ4v) is 2.25. The van der Waals surface area contributed by atoms with Crippen molar-refractivity contribution in [1.82, 2.24) is 0 Å². The molecule has 1 rings (SSSR count). The zero-order chi connectivity index (χ0) is 9.14. The third kappa shape index (κ3) is 1.80. The summed E-state index contributed by atoms with van der Waals surface area (Å²) in [4.78, 5) is 0. The van der Waals surface area contributed by atoms with Crippen molar-refractivity contribution in [2.75, 3.05) is 0 Å². The van der Waals surface area contributed by atoms with Crippen LogP contribution in [0, 0.1) is 5.92 Å². The summed E-state index contributed by atoms with van der Waals surface area (Å²) in [6.07, 6.45) is 6.24. The van der Waals surface area contributed by atoms with Crippen LogP contribution in [0.15, 0.2) is 22.8 Å². The van der Waals surface area contributed by atoms with E-state index in [1.165, 1.54) is 19.3 Å². The molecule has 0 N–H and O–H groups in total. The Morgan fingerprint density at radius 3 is 2.33 bits per heavy atom. The van der Waals surface area contributed by atoms with E-state index < -0.39 is 0 Å². The lowest BCUT2D eigenvalue weighted by molar-refractivity contribution is 0.676. The minimum atomic E-state index is 0.705. The first-order valence-corrected chi connectivity index (χ1v) is 5.02. The number of hydrogen-bond acceptors (Lipinski definition) is 0. The predicted octanol–water partition coefficient (Wildman–Crippen LogP) is 4.09. The molecule has 0 spiro atoms. The van der Waals surface area contributed by atoms with Gasteiger partial charge in [0, 0.05) is 0 Å². The molecule has 0 heterocycles. The first-order chi connectivity index (χ1) is 5.66. The van der Waals surface area contributed by atoms with Crippen LogP contribution < -0.4 is 0 Å². The third-order valence-electron chi connectivity index (χ3n) is 2.73. The standard InChI is InChI=1S/C12H20/c1-5-11-8-6-7-10(4)12(11)9(2)3/h5,9H,6-8H2,1-4H3/b11-5-. The summed E-state index contributed by atoms with van der Waals surface area (Å²) in [7, 11) is 0. The molecule has 0 saturated heterocycles. The summed E-state index contributed by atoms with van der Waals surface area (Å²) in [5, 5.41) is 0. The molecule has 1 aliphatic rings. The van der Waals surface area contributed by atoms with Crippen LogP contribution in [0.5, 0.6) is 0 Å². The van der Waals surface area contributed by atoms with Gasteiger partial charge in [0.25, 0.3) is 0 Å². The molecule has 1 aliphatic carbocycles. The highest BCUT2D eigenvalue weighted by molar-refractivity contribution is 5.38. The molecule has 0 aliphatic heterocycles. The molecule has 0 atom stereocenters. The highest BCUT2D eigenvalue weighted by atomic mass is 14.2. The first-order valence-electron chi connectivity index (χ1n) is 5.02. The van der Waals surface area contributed by atoms with Gasteiger partial charge in [-0.25, -0.2) is 0 Å². The lowest BCUT2D eigenvalue weighted by Gasteiger charge is -2.24. The van der Waals surface area contributed by atoms with E-state index in [0.29, 0.717) is 5.92 Å². The second-order valence-corrected chi connectivity index (χ2v) is 4.02. The third-order valence-corrected chi connectivity index (χ3v) is 2.73. The van der Waals surface area contributed by atoms with Crippen LogP contribution in [0.3, 0.4) is 0 Å². The maximum Gasteiger partial charge on any atom is -0.0217 e. The summed E-state index contributed by atoms with van der Waals surface area (Å²) < 4.78 is 0. The van der Waals surface area contributed by atoms with E-state index in [0.717, 1.165) is 0 Å². The smallest absolute Gasteiger partial charge is 0.0217 e. The molecule has 68 valence electrons. The normalized spacial score (nSPS) is 22.6. The van der Waals surface area contributed by atoms with E-state index >= 15 is 0 Å². The Balaban J connectivity index is 3.00. The molecular formula is C12H20. The molecule has 0 aromatic rings. The minimum absolute atomic E-state index is 0.705. The second-order valence-electron chi connectivity index (χ2n) is 4.02.